The third kappa shape index (κ3) is 4.79. The number of carbonyl (C=O) groups excluding carboxylic acids is 1. The van der Waals surface area contributed by atoms with Crippen molar-refractivity contribution in [2.24, 2.45) is 0 Å². The topological polar surface area (TPSA) is 35.4 Å². The molecule has 190 valence electrons. The minimum Gasteiger partial charge on any atom is -0.359 e. The van der Waals surface area contributed by atoms with Gasteiger partial charge in [-0.1, -0.05) is 54.6 Å². The molecular weight excluding hydrogens is 454 g/mol. The van der Waals surface area contributed by atoms with Crippen LogP contribution in [0.1, 0.15) is 51.2 Å². The highest BCUT2D eigenvalue weighted by atomic mass is 16.1. The van der Waals surface area contributed by atoms with E-state index in [1.165, 1.54) is 22.5 Å². The molecule has 2 aromatic carbocycles. The molecular formula is C33H38N3O+. The number of fused-ring (bicyclic) bond motifs is 2. The van der Waals surface area contributed by atoms with Gasteiger partial charge in [0.25, 0.3) is 0 Å². The Morgan fingerprint density at radius 3 is 2.49 bits per heavy atom. The van der Waals surface area contributed by atoms with E-state index in [4.69, 9.17) is 6.42 Å². The third-order valence-corrected chi connectivity index (χ3v) is 7.81. The molecule has 0 aromatic heterocycles. The van der Waals surface area contributed by atoms with Crippen molar-refractivity contribution in [3.8, 4) is 12.3 Å². The second-order valence-electron chi connectivity index (χ2n) is 10.5. The first-order chi connectivity index (χ1) is 17.8. The van der Waals surface area contributed by atoms with Crippen LogP contribution in [0.5, 0.6) is 0 Å². The second-order valence-corrected chi connectivity index (χ2v) is 10.5. The first-order valence-corrected chi connectivity index (χ1v) is 13.0. The average molecular weight is 493 g/mol. The van der Waals surface area contributed by atoms with Crippen molar-refractivity contribution in [1.29, 1.82) is 0 Å². The maximum absolute atomic E-state index is 12.4. The van der Waals surface area contributed by atoms with Crippen LogP contribution in [-0.2, 0) is 15.6 Å². The van der Waals surface area contributed by atoms with Gasteiger partial charge in [0.2, 0.25) is 11.6 Å². The maximum Gasteiger partial charge on any atom is 0.221 e. The van der Waals surface area contributed by atoms with Gasteiger partial charge in [-0.2, -0.15) is 4.58 Å². The predicted molar refractivity (Wildman–Crippen MR) is 155 cm³/mol. The molecule has 1 amide bonds. The fraction of sp³-hybridized carbons (Fsp3) is 0.333. The van der Waals surface area contributed by atoms with Crippen molar-refractivity contribution in [3.63, 3.8) is 0 Å². The lowest BCUT2D eigenvalue weighted by atomic mass is 9.78. The number of nitrogens with zero attached hydrogens (tertiary/aromatic N) is 2. The van der Waals surface area contributed by atoms with Crippen molar-refractivity contribution in [3.05, 3.63) is 95.7 Å². The lowest BCUT2D eigenvalue weighted by Gasteiger charge is -2.27. The highest BCUT2D eigenvalue weighted by Gasteiger charge is 2.44. The summed E-state index contributed by atoms with van der Waals surface area (Å²) in [4.78, 5) is 14.6. The minimum absolute atomic E-state index is 0.0340. The van der Waals surface area contributed by atoms with Gasteiger partial charge in [0.05, 0.1) is 5.41 Å². The Bertz CT molecular complexity index is 1350. The van der Waals surface area contributed by atoms with Crippen molar-refractivity contribution in [2.75, 3.05) is 25.5 Å². The van der Waals surface area contributed by atoms with Gasteiger partial charge in [-0.3, -0.25) is 4.79 Å². The molecule has 0 spiro atoms. The van der Waals surface area contributed by atoms with Crippen LogP contribution in [0.25, 0.3) is 0 Å². The molecule has 1 N–H and O–H groups in total. The van der Waals surface area contributed by atoms with E-state index < -0.39 is 5.41 Å². The van der Waals surface area contributed by atoms with Gasteiger partial charge in [-0.25, -0.2) is 0 Å². The highest BCUT2D eigenvalue weighted by Crippen LogP contribution is 2.49. The number of likely N-dealkylation sites (N-methyl/N-ethyl adjacent to an activating group) is 1. The van der Waals surface area contributed by atoms with Crippen LogP contribution in [0.4, 0.5) is 11.4 Å². The number of benzene rings is 2. The van der Waals surface area contributed by atoms with Gasteiger partial charge in [0.1, 0.15) is 6.54 Å². The molecule has 2 aliphatic rings. The van der Waals surface area contributed by atoms with E-state index in [0.29, 0.717) is 6.42 Å². The number of nitrogens with one attached hydrogen (secondary N) is 1. The number of anilines is 1. The molecule has 2 aromatic rings. The summed E-state index contributed by atoms with van der Waals surface area (Å²) < 4.78 is 2.41. The monoisotopic (exact) mass is 492 g/mol. The fourth-order valence-corrected chi connectivity index (χ4v) is 5.84. The van der Waals surface area contributed by atoms with E-state index >= 15 is 0 Å². The summed E-state index contributed by atoms with van der Waals surface area (Å²) in [5, 5.41) is 2.80. The Morgan fingerprint density at radius 2 is 1.76 bits per heavy atom. The minimum atomic E-state index is -0.392. The number of carbonyl (C=O) groups is 1. The number of hydrogen-bond donors (Lipinski definition) is 1. The maximum atomic E-state index is 12.4. The van der Waals surface area contributed by atoms with Gasteiger partial charge >= 0.3 is 0 Å². The molecule has 4 nitrogen and oxygen atoms in total. The molecule has 4 rings (SSSR count). The molecule has 2 heterocycles. The van der Waals surface area contributed by atoms with Crippen LogP contribution in [0.15, 0.2) is 84.6 Å². The third-order valence-electron chi connectivity index (χ3n) is 7.81. The molecule has 1 unspecified atom stereocenters. The van der Waals surface area contributed by atoms with Crippen LogP contribution in [0, 0.1) is 12.3 Å². The summed E-state index contributed by atoms with van der Waals surface area (Å²) in [6.45, 7) is 7.63. The fourth-order valence-electron chi connectivity index (χ4n) is 5.84. The number of para-hydroxylation sites is 2. The number of allylic oxidation sites excluding steroid dienone is 6. The van der Waals surface area contributed by atoms with E-state index in [1.54, 1.807) is 7.05 Å². The van der Waals surface area contributed by atoms with E-state index in [0.717, 1.165) is 30.8 Å². The summed E-state index contributed by atoms with van der Waals surface area (Å²) in [6.07, 6.45) is 18.3. The Balaban J connectivity index is 1.63. The van der Waals surface area contributed by atoms with E-state index in [9.17, 15) is 4.79 Å². The van der Waals surface area contributed by atoms with Crippen LogP contribution >= 0.6 is 0 Å². The van der Waals surface area contributed by atoms with E-state index in [2.05, 4.69) is 115 Å². The highest BCUT2D eigenvalue weighted by molar-refractivity contribution is 6.03. The normalized spacial score (nSPS) is 21.1. The van der Waals surface area contributed by atoms with Gasteiger partial charge in [0.15, 0.2) is 5.71 Å². The largest absolute Gasteiger partial charge is 0.359 e. The molecule has 1 atom stereocenters. The van der Waals surface area contributed by atoms with E-state index in [-0.39, 0.29) is 11.3 Å². The van der Waals surface area contributed by atoms with Crippen molar-refractivity contribution < 1.29 is 9.37 Å². The molecule has 0 saturated carbocycles. The first-order valence-electron chi connectivity index (χ1n) is 13.0. The summed E-state index contributed by atoms with van der Waals surface area (Å²) in [5.41, 5.74) is 6.85. The number of unbranched alkanes of at least 4 members (excludes halogenated alkanes) is 1. The Morgan fingerprint density at radius 1 is 1.05 bits per heavy atom. The standard InChI is InChI=1S/C33H37N3O/c1-7-8-16-23-36-28-20-15-12-17-25(28)32(2,3)29(36)21-10-9-11-22-30-33(4,24-31(37)34-5)26-18-13-14-19-27(26)35(30)6/h1,9-15,17-22H,8,16,23-24H2,2-6H3/p+1. The zero-order valence-corrected chi connectivity index (χ0v) is 22.7. The van der Waals surface area contributed by atoms with Crippen LogP contribution in [-0.4, -0.2) is 36.8 Å². The molecule has 0 aliphatic carbocycles. The molecule has 4 heteroatoms. The van der Waals surface area contributed by atoms with Crippen molar-refractivity contribution in [1.82, 2.24) is 5.32 Å². The van der Waals surface area contributed by atoms with Gasteiger partial charge in [-0.15, -0.1) is 12.3 Å². The summed E-state index contributed by atoms with van der Waals surface area (Å²) in [5.74, 6) is 2.80. The lowest BCUT2D eigenvalue weighted by molar-refractivity contribution is -0.438. The van der Waals surface area contributed by atoms with Crippen LogP contribution in [0.2, 0.25) is 0 Å². The first kappa shape index (κ1) is 26.2. The number of terminal acetylenes is 1. The van der Waals surface area contributed by atoms with Gasteiger partial charge in [0, 0.05) is 67.9 Å². The van der Waals surface area contributed by atoms with E-state index in [1.807, 2.05) is 12.1 Å². The SMILES string of the molecule is C#CCCC[N+]1=C(/C=C/C=C/C=C2/N(C)c3ccccc3C2(C)CC(=O)NC)C(C)(C)c2ccccc21. The smallest absolute Gasteiger partial charge is 0.221 e. The Labute approximate surface area is 222 Å². The summed E-state index contributed by atoms with van der Waals surface area (Å²) in [6, 6.07) is 17.0. The molecule has 0 saturated heterocycles. The van der Waals surface area contributed by atoms with Crippen LogP contribution < -0.4 is 10.2 Å². The molecule has 0 fully saturated rings. The lowest BCUT2D eigenvalue weighted by Crippen LogP contribution is -2.33. The molecule has 0 radical (unpaired) electrons. The second kappa shape index (κ2) is 10.6. The zero-order chi connectivity index (χ0) is 26.6. The van der Waals surface area contributed by atoms with Crippen LogP contribution in [0.3, 0.4) is 0 Å². The number of amides is 1. The zero-order valence-electron chi connectivity index (χ0n) is 22.7. The quantitative estimate of drug-likeness (QED) is 0.212. The Hall–Kier alpha value is -3.84. The number of rotatable bonds is 8. The summed E-state index contributed by atoms with van der Waals surface area (Å²) >= 11 is 0. The molecule has 37 heavy (non-hydrogen) atoms. The van der Waals surface area contributed by atoms with Gasteiger partial charge in [-0.05, 0) is 38.5 Å². The molecule has 2 aliphatic heterocycles. The summed E-state index contributed by atoms with van der Waals surface area (Å²) in [7, 11) is 3.77. The predicted octanol–water partition coefficient (Wildman–Crippen LogP) is 6.02. The average Bonchev–Trinajstić information content (AvgIpc) is 3.24. The van der Waals surface area contributed by atoms with Crippen molar-refractivity contribution in [2.45, 2.75) is 50.9 Å². The van der Waals surface area contributed by atoms with Gasteiger partial charge < -0.3 is 10.2 Å². The number of hydrogen-bond acceptors (Lipinski definition) is 2. The Kier molecular flexibility index (Phi) is 7.55. The van der Waals surface area contributed by atoms with Crippen molar-refractivity contribution >= 4 is 23.0 Å². The molecule has 0 bridgehead atoms.